The number of carbonyl (C=O) groups is 1. The highest BCUT2D eigenvalue weighted by Crippen LogP contribution is 2.34. The van der Waals surface area contributed by atoms with Crippen molar-refractivity contribution in [2.45, 2.75) is 46.1 Å². The fourth-order valence-corrected chi connectivity index (χ4v) is 5.44. The van der Waals surface area contributed by atoms with Crippen molar-refractivity contribution in [1.82, 2.24) is 19.4 Å². The normalized spacial score (nSPS) is 17.6. The highest BCUT2D eigenvalue weighted by molar-refractivity contribution is 5.85. The Morgan fingerprint density at radius 2 is 1.86 bits per heavy atom. The lowest BCUT2D eigenvalue weighted by Gasteiger charge is -2.18. The van der Waals surface area contributed by atoms with Crippen LogP contribution in [0.1, 0.15) is 36.9 Å². The average molecular weight is 499 g/mol. The number of hydrogen-bond donors (Lipinski definition) is 1. The summed E-state index contributed by atoms with van der Waals surface area (Å²) in [5.41, 5.74) is 4.06. The molecule has 7 heteroatoms. The van der Waals surface area contributed by atoms with E-state index in [4.69, 9.17) is 0 Å². The van der Waals surface area contributed by atoms with Crippen molar-refractivity contribution in [3.63, 3.8) is 0 Å². The third-order valence-corrected chi connectivity index (χ3v) is 8.02. The van der Waals surface area contributed by atoms with Gasteiger partial charge in [0.25, 0.3) is 5.56 Å². The fraction of sp³-hybridized carbons (Fsp3) is 0.367. The first-order valence-electron chi connectivity index (χ1n) is 13.1. The molecule has 37 heavy (non-hydrogen) atoms. The number of halogens is 1. The average Bonchev–Trinajstić information content (AvgIpc) is 3.45. The number of H-pyrrole nitrogens is 1. The lowest BCUT2D eigenvalue weighted by atomic mass is 10.0. The zero-order valence-electron chi connectivity index (χ0n) is 21.3. The number of nitrogens with one attached hydrogen (secondary N) is 1. The van der Waals surface area contributed by atoms with Crippen LogP contribution in [0.4, 0.5) is 4.39 Å². The molecule has 0 unspecified atom stereocenters. The van der Waals surface area contributed by atoms with E-state index >= 15 is 4.39 Å². The third-order valence-electron chi connectivity index (χ3n) is 8.02. The quantitative estimate of drug-likeness (QED) is 0.384. The van der Waals surface area contributed by atoms with Crippen LogP contribution in [-0.2, 0) is 11.3 Å². The second kappa shape index (κ2) is 9.29. The number of benzene rings is 2. The Balaban J connectivity index is 1.28. The molecule has 0 spiro atoms. The first-order valence-corrected chi connectivity index (χ1v) is 13.1. The van der Waals surface area contributed by atoms with E-state index in [2.05, 4.69) is 9.97 Å². The highest BCUT2D eigenvalue weighted by Gasteiger charge is 2.36. The van der Waals surface area contributed by atoms with Crippen LogP contribution in [0.2, 0.25) is 0 Å². The van der Waals surface area contributed by atoms with Gasteiger partial charge in [0, 0.05) is 48.5 Å². The Morgan fingerprint density at radius 3 is 2.65 bits per heavy atom. The maximum absolute atomic E-state index is 15.6. The van der Waals surface area contributed by atoms with E-state index in [-0.39, 0.29) is 17.4 Å². The summed E-state index contributed by atoms with van der Waals surface area (Å²) in [6.45, 7) is 5.54. The summed E-state index contributed by atoms with van der Waals surface area (Å²) in [7, 11) is 0. The summed E-state index contributed by atoms with van der Waals surface area (Å²) in [5.74, 6) is 0.800. The van der Waals surface area contributed by atoms with Gasteiger partial charge in [-0.3, -0.25) is 14.2 Å². The molecule has 6 nitrogen and oxygen atoms in total. The first-order chi connectivity index (χ1) is 17.9. The first kappa shape index (κ1) is 23.6. The Morgan fingerprint density at radius 1 is 1.08 bits per heavy atom. The van der Waals surface area contributed by atoms with Crippen molar-refractivity contribution < 1.29 is 9.18 Å². The topological polar surface area (TPSA) is 71.0 Å². The molecule has 2 aromatic carbocycles. The number of aryl methyl sites for hydroxylation is 1. The number of aromatic nitrogens is 3. The number of nitrogens with zero attached hydrogens (tertiary/aromatic N) is 3. The minimum absolute atomic E-state index is 0.132. The molecule has 1 amide bonds. The van der Waals surface area contributed by atoms with Crippen LogP contribution in [0.15, 0.2) is 53.5 Å². The van der Waals surface area contributed by atoms with Gasteiger partial charge in [0.2, 0.25) is 5.91 Å². The van der Waals surface area contributed by atoms with Gasteiger partial charge in [0.15, 0.2) is 0 Å². The molecule has 1 aliphatic heterocycles. The Labute approximate surface area is 215 Å². The molecule has 1 atom stereocenters. The maximum atomic E-state index is 15.6. The second-order valence-corrected chi connectivity index (χ2v) is 10.6. The maximum Gasteiger partial charge on any atom is 0.256 e. The van der Waals surface area contributed by atoms with Crippen molar-refractivity contribution in [2.24, 2.45) is 11.8 Å². The summed E-state index contributed by atoms with van der Waals surface area (Å²) in [6.07, 6.45) is 5.60. The van der Waals surface area contributed by atoms with Gasteiger partial charge in [-0.1, -0.05) is 18.2 Å². The van der Waals surface area contributed by atoms with E-state index in [1.165, 1.54) is 6.07 Å². The molecule has 1 aliphatic carbocycles. The minimum atomic E-state index is -0.407. The van der Waals surface area contributed by atoms with Crippen molar-refractivity contribution >= 4 is 16.8 Å². The van der Waals surface area contributed by atoms with Crippen LogP contribution in [0.3, 0.4) is 0 Å². The Kier molecular flexibility index (Phi) is 5.94. The molecule has 1 saturated heterocycles. The summed E-state index contributed by atoms with van der Waals surface area (Å²) in [4.78, 5) is 35.6. The molecule has 1 N–H and O–H groups in total. The SMILES string of the molecule is Cc1nc(-c2ccc(-c3ccc4cc[nH]c4c3)cc2F)n(CC[C@@H]2CCN(C(=O)C3CC3)C2)c(=O)c1C. The molecule has 190 valence electrons. The van der Waals surface area contributed by atoms with Gasteiger partial charge >= 0.3 is 0 Å². The number of hydrogen-bond acceptors (Lipinski definition) is 3. The standard InChI is InChI=1S/C30H31FN4O2/c1-18-19(2)33-28(35(29(18)36)14-11-20-10-13-34(17-20)30(37)22-4-5-22)25-8-7-23(15-26(25)31)24-6-3-21-9-12-32-27(21)16-24/h3,6-9,12,15-16,20,22,32H,4-5,10-11,13-14,17H2,1-2H3/t20-/m0/s1. The van der Waals surface area contributed by atoms with E-state index < -0.39 is 5.82 Å². The summed E-state index contributed by atoms with van der Waals surface area (Å²) in [6, 6.07) is 13.1. The molecule has 1 saturated carbocycles. The summed E-state index contributed by atoms with van der Waals surface area (Å²) >= 11 is 0. The fourth-order valence-electron chi connectivity index (χ4n) is 5.44. The Bertz CT molecular complexity index is 1570. The molecule has 3 heterocycles. The molecule has 2 aliphatic rings. The number of rotatable bonds is 6. The lowest BCUT2D eigenvalue weighted by molar-refractivity contribution is -0.131. The molecule has 6 rings (SSSR count). The molecular formula is C30H31FN4O2. The second-order valence-electron chi connectivity index (χ2n) is 10.6. The summed E-state index contributed by atoms with van der Waals surface area (Å²) < 4.78 is 17.2. The van der Waals surface area contributed by atoms with E-state index in [9.17, 15) is 9.59 Å². The third kappa shape index (κ3) is 4.47. The van der Waals surface area contributed by atoms with Crippen LogP contribution in [0.25, 0.3) is 33.4 Å². The molecule has 2 aromatic heterocycles. The summed E-state index contributed by atoms with van der Waals surface area (Å²) in [5, 5.41) is 1.10. The molecule has 2 fully saturated rings. The van der Waals surface area contributed by atoms with Gasteiger partial charge in [-0.05, 0) is 86.2 Å². The smallest absolute Gasteiger partial charge is 0.256 e. The van der Waals surface area contributed by atoms with E-state index in [0.717, 1.165) is 60.8 Å². The van der Waals surface area contributed by atoms with Crippen LogP contribution in [0.5, 0.6) is 0 Å². The van der Waals surface area contributed by atoms with Gasteiger partial charge in [0.1, 0.15) is 11.6 Å². The predicted molar refractivity (Wildman–Crippen MR) is 143 cm³/mol. The number of aromatic amines is 1. The van der Waals surface area contributed by atoms with Crippen molar-refractivity contribution in [3.8, 4) is 22.5 Å². The predicted octanol–water partition coefficient (Wildman–Crippen LogP) is 5.46. The van der Waals surface area contributed by atoms with Crippen molar-refractivity contribution in [1.29, 1.82) is 0 Å². The minimum Gasteiger partial charge on any atom is -0.361 e. The highest BCUT2D eigenvalue weighted by atomic mass is 19.1. The molecule has 4 aromatic rings. The van der Waals surface area contributed by atoms with Gasteiger partial charge in [-0.15, -0.1) is 0 Å². The van der Waals surface area contributed by atoms with Crippen LogP contribution in [0, 0.1) is 31.5 Å². The monoisotopic (exact) mass is 498 g/mol. The van der Waals surface area contributed by atoms with E-state index in [1.54, 1.807) is 24.5 Å². The van der Waals surface area contributed by atoms with Crippen molar-refractivity contribution in [2.75, 3.05) is 13.1 Å². The van der Waals surface area contributed by atoms with Gasteiger partial charge in [0.05, 0.1) is 5.56 Å². The van der Waals surface area contributed by atoms with Gasteiger partial charge < -0.3 is 9.88 Å². The molecular weight excluding hydrogens is 467 g/mol. The number of fused-ring (bicyclic) bond motifs is 1. The number of carbonyl (C=O) groups excluding carboxylic acids is 1. The number of likely N-dealkylation sites (tertiary alicyclic amines) is 1. The van der Waals surface area contributed by atoms with Gasteiger partial charge in [-0.2, -0.15) is 0 Å². The van der Waals surface area contributed by atoms with Gasteiger partial charge in [-0.25, -0.2) is 9.37 Å². The van der Waals surface area contributed by atoms with E-state index in [0.29, 0.717) is 35.1 Å². The zero-order chi connectivity index (χ0) is 25.7. The lowest BCUT2D eigenvalue weighted by Crippen LogP contribution is -2.30. The number of amides is 1. The largest absolute Gasteiger partial charge is 0.361 e. The van der Waals surface area contributed by atoms with Crippen molar-refractivity contribution in [3.05, 3.63) is 76.1 Å². The zero-order valence-corrected chi connectivity index (χ0v) is 21.3. The Hall–Kier alpha value is -3.74. The molecule has 0 radical (unpaired) electrons. The molecule has 0 bridgehead atoms. The van der Waals surface area contributed by atoms with E-state index in [1.807, 2.05) is 41.4 Å². The van der Waals surface area contributed by atoms with Crippen LogP contribution >= 0.6 is 0 Å². The van der Waals surface area contributed by atoms with Crippen LogP contribution < -0.4 is 5.56 Å². The van der Waals surface area contributed by atoms with Crippen LogP contribution in [-0.4, -0.2) is 38.4 Å².